The van der Waals surface area contributed by atoms with Gasteiger partial charge in [0.1, 0.15) is 17.8 Å². The van der Waals surface area contributed by atoms with Crippen LogP contribution in [0, 0.1) is 0 Å². The summed E-state index contributed by atoms with van der Waals surface area (Å²) >= 11 is 0. The highest BCUT2D eigenvalue weighted by molar-refractivity contribution is 5.79. The van der Waals surface area contributed by atoms with Crippen molar-refractivity contribution in [1.82, 2.24) is 25.8 Å². The van der Waals surface area contributed by atoms with E-state index in [2.05, 4.69) is 40.2 Å². The highest BCUT2D eigenvalue weighted by Gasteiger charge is 2.29. The van der Waals surface area contributed by atoms with Crippen molar-refractivity contribution in [2.75, 3.05) is 105 Å². The predicted octanol–water partition coefficient (Wildman–Crippen LogP) is 2.51. The molecule has 2 amide bonds. The fourth-order valence-corrected chi connectivity index (χ4v) is 6.08. The van der Waals surface area contributed by atoms with Gasteiger partial charge in [-0.25, -0.2) is 4.79 Å². The smallest absolute Gasteiger partial charge is 0.407 e. The van der Waals surface area contributed by atoms with Gasteiger partial charge in [-0.15, -0.1) is 0 Å². The number of amides is 2. The Morgan fingerprint density at radius 1 is 0.661 bits per heavy atom. The van der Waals surface area contributed by atoms with Crippen LogP contribution in [0.1, 0.15) is 58.6 Å². The SMILES string of the molecule is CC(C)(C)OC(=O)CN(CCN)CCN(CCNCC(=O)NCCOCCOCCNC(=O)OCC1c2ccccc2-c2ccccc21)CC(=O)OC(C)(C)C. The molecule has 15 heteroatoms. The summed E-state index contributed by atoms with van der Waals surface area (Å²) < 4.78 is 27.6. The van der Waals surface area contributed by atoms with Crippen LogP contribution in [-0.2, 0) is 38.1 Å². The third-order valence-electron chi connectivity index (χ3n) is 8.41. The Morgan fingerprint density at radius 2 is 1.16 bits per heavy atom. The Balaban J connectivity index is 1.23. The first-order valence-corrected chi connectivity index (χ1v) is 19.5. The maximum Gasteiger partial charge on any atom is 0.407 e. The van der Waals surface area contributed by atoms with E-state index in [0.29, 0.717) is 78.8 Å². The lowest BCUT2D eigenvalue weighted by Gasteiger charge is -2.28. The Bertz CT molecular complexity index is 1480. The number of benzene rings is 2. The Labute approximate surface area is 332 Å². The number of esters is 2. The molecule has 312 valence electrons. The van der Waals surface area contributed by atoms with Crippen molar-refractivity contribution in [2.45, 2.75) is 58.7 Å². The molecule has 1 aliphatic rings. The summed E-state index contributed by atoms with van der Waals surface area (Å²) in [5.41, 5.74) is 9.26. The van der Waals surface area contributed by atoms with Crippen LogP contribution < -0.4 is 21.7 Å². The zero-order valence-electron chi connectivity index (χ0n) is 34.2. The Hall–Kier alpha value is -4.12. The highest BCUT2D eigenvalue weighted by Crippen LogP contribution is 2.44. The number of rotatable bonds is 25. The van der Waals surface area contributed by atoms with Crippen molar-refractivity contribution in [1.29, 1.82) is 0 Å². The first-order valence-electron chi connectivity index (χ1n) is 19.5. The molecule has 0 aliphatic heterocycles. The van der Waals surface area contributed by atoms with Crippen LogP contribution in [0.2, 0.25) is 0 Å². The van der Waals surface area contributed by atoms with Gasteiger partial charge in [-0.05, 0) is 63.8 Å². The summed E-state index contributed by atoms with van der Waals surface area (Å²) in [6, 6.07) is 16.4. The summed E-state index contributed by atoms with van der Waals surface area (Å²) in [5, 5.41) is 8.64. The van der Waals surface area contributed by atoms with Gasteiger partial charge in [0.05, 0.1) is 46.1 Å². The van der Waals surface area contributed by atoms with Crippen LogP contribution >= 0.6 is 0 Å². The molecule has 0 spiro atoms. The van der Waals surface area contributed by atoms with E-state index in [1.165, 1.54) is 11.1 Å². The second kappa shape index (κ2) is 23.8. The molecule has 0 saturated carbocycles. The summed E-state index contributed by atoms with van der Waals surface area (Å²) in [6.45, 7) is 16.1. The minimum Gasteiger partial charge on any atom is -0.459 e. The summed E-state index contributed by atoms with van der Waals surface area (Å²) in [4.78, 5) is 53.5. The van der Waals surface area contributed by atoms with Crippen molar-refractivity contribution < 1.29 is 42.9 Å². The quantitative estimate of drug-likeness (QED) is 0.0656. The summed E-state index contributed by atoms with van der Waals surface area (Å²) in [5.74, 6) is -0.878. The van der Waals surface area contributed by atoms with Gasteiger partial charge in [0.25, 0.3) is 0 Å². The molecule has 0 radical (unpaired) electrons. The molecular weight excluding hydrogens is 720 g/mol. The molecule has 0 atom stereocenters. The maximum absolute atomic E-state index is 12.6. The zero-order chi connectivity index (χ0) is 41.0. The lowest BCUT2D eigenvalue weighted by molar-refractivity contribution is -0.158. The predicted molar refractivity (Wildman–Crippen MR) is 214 cm³/mol. The second-order valence-corrected chi connectivity index (χ2v) is 15.5. The molecule has 1 aliphatic carbocycles. The highest BCUT2D eigenvalue weighted by atomic mass is 16.6. The number of nitrogens with two attached hydrogens (primary N) is 1. The average molecular weight is 785 g/mol. The lowest BCUT2D eigenvalue weighted by atomic mass is 9.98. The van der Waals surface area contributed by atoms with E-state index in [9.17, 15) is 19.2 Å². The molecule has 15 nitrogen and oxygen atoms in total. The molecule has 3 rings (SSSR count). The summed E-state index contributed by atoms with van der Waals surface area (Å²) in [7, 11) is 0. The van der Waals surface area contributed by atoms with E-state index >= 15 is 0 Å². The zero-order valence-corrected chi connectivity index (χ0v) is 34.2. The molecule has 5 N–H and O–H groups in total. The normalized spacial score (nSPS) is 12.7. The van der Waals surface area contributed by atoms with Gasteiger partial charge < -0.3 is 45.4 Å². The number of hydrogen-bond donors (Lipinski definition) is 4. The number of carbonyl (C=O) groups is 4. The van der Waals surface area contributed by atoms with Crippen molar-refractivity contribution in [3.8, 4) is 11.1 Å². The van der Waals surface area contributed by atoms with Gasteiger partial charge in [-0.3, -0.25) is 24.2 Å². The molecule has 2 aromatic rings. The lowest BCUT2D eigenvalue weighted by Crippen LogP contribution is -2.45. The van der Waals surface area contributed by atoms with E-state index in [0.717, 1.165) is 11.1 Å². The average Bonchev–Trinajstić information content (AvgIpc) is 3.44. The van der Waals surface area contributed by atoms with Gasteiger partial charge in [0.2, 0.25) is 5.91 Å². The van der Waals surface area contributed by atoms with E-state index in [1.54, 1.807) is 0 Å². The van der Waals surface area contributed by atoms with E-state index in [1.807, 2.05) is 75.6 Å². The molecular formula is C41H64N6O9. The topological polar surface area (TPSA) is 183 Å². The van der Waals surface area contributed by atoms with Gasteiger partial charge in [-0.1, -0.05) is 48.5 Å². The Morgan fingerprint density at radius 3 is 1.68 bits per heavy atom. The van der Waals surface area contributed by atoms with Crippen LogP contribution in [0.3, 0.4) is 0 Å². The first-order chi connectivity index (χ1) is 26.6. The number of nitrogens with one attached hydrogen (secondary N) is 3. The van der Waals surface area contributed by atoms with Crippen molar-refractivity contribution in [2.24, 2.45) is 5.73 Å². The molecule has 0 unspecified atom stereocenters. The van der Waals surface area contributed by atoms with Crippen LogP contribution in [0.25, 0.3) is 11.1 Å². The van der Waals surface area contributed by atoms with Crippen molar-refractivity contribution in [3.63, 3.8) is 0 Å². The third kappa shape index (κ3) is 18.2. The fraction of sp³-hybridized carbons (Fsp3) is 0.610. The monoisotopic (exact) mass is 784 g/mol. The van der Waals surface area contributed by atoms with E-state index in [4.69, 9.17) is 29.4 Å². The van der Waals surface area contributed by atoms with Gasteiger partial charge in [0, 0.05) is 58.3 Å². The molecule has 2 aromatic carbocycles. The molecule has 0 saturated heterocycles. The number of nitrogens with zero attached hydrogens (tertiary/aromatic N) is 2. The molecule has 0 bridgehead atoms. The van der Waals surface area contributed by atoms with E-state index in [-0.39, 0.29) is 50.0 Å². The van der Waals surface area contributed by atoms with Gasteiger partial charge >= 0.3 is 18.0 Å². The van der Waals surface area contributed by atoms with Crippen molar-refractivity contribution >= 4 is 23.9 Å². The maximum atomic E-state index is 12.6. The van der Waals surface area contributed by atoms with Crippen LogP contribution in [-0.4, -0.2) is 150 Å². The first kappa shape index (κ1) is 46.3. The standard InChI is InChI=1S/C41H64N6O9/c1-40(2,3)55-37(49)28-46(19-15-42)21-22-47(29-38(50)56-41(4,5)6)20-16-43-27-36(48)44-17-23-52-25-26-53-24-18-45-39(51)54-30-35-33-13-9-7-11-31(33)32-12-8-10-14-34(32)35/h7-14,35,43H,15-30,42H2,1-6H3,(H,44,48)(H,45,51). The minimum atomic E-state index is -0.620. The number of ether oxygens (including phenoxy) is 5. The largest absolute Gasteiger partial charge is 0.459 e. The number of alkyl carbamates (subject to hydrolysis) is 1. The fourth-order valence-electron chi connectivity index (χ4n) is 6.08. The van der Waals surface area contributed by atoms with Crippen molar-refractivity contribution in [3.05, 3.63) is 59.7 Å². The molecule has 0 fully saturated rings. The van der Waals surface area contributed by atoms with Crippen LogP contribution in [0.5, 0.6) is 0 Å². The number of carbonyl (C=O) groups excluding carboxylic acids is 4. The molecule has 56 heavy (non-hydrogen) atoms. The number of hydrogen-bond acceptors (Lipinski definition) is 13. The second-order valence-electron chi connectivity index (χ2n) is 15.5. The number of fused-ring (bicyclic) bond motifs is 3. The summed E-state index contributed by atoms with van der Waals surface area (Å²) in [6.07, 6.45) is -0.489. The molecule has 0 heterocycles. The van der Waals surface area contributed by atoms with Crippen LogP contribution in [0.4, 0.5) is 4.79 Å². The van der Waals surface area contributed by atoms with Gasteiger partial charge in [-0.2, -0.15) is 0 Å². The third-order valence-corrected chi connectivity index (χ3v) is 8.41. The minimum absolute atomic E-state index is 0.00505. The van der Waals surface area contributed by atoms with Gasteiger partial charge in [0.15, 0.2) is 0 Å². The molecule has 0 aromatic heterocycles. The Kier molecular flexibility index (Phi) is 19.7. The van der Waals surface area contributed by atoms with E-state index < -0.39 is 17.3 Å². The van der Waals surface area contributed by atoms with Crippen LogP contribution in [0.15, 0.2) is 48.5 Å².